The minimum atomic E-state index is -1.83. The summed E-state index contributed by atoms with van der Waals surface area (Å²) in [6.45, 7) is 0. The summed E-state index contributed by atoms with van der Waals surface area (Å²) in [4.78, 5) is 8.56. The van der Waals surface area contributed by atoms with E-state index in [0.29, 0.717) is 0 Å². The summed E-state index contributed by atoms with van der Waals surface area (Å²) in [6, 6.07) is 0. The molecule has 0 spiro atoms. The number of hydrogen-bond donors (Lipinski definition) is 2. The second kappa shape index (κ2) is 15.7. The second-order valence-corrected chi connectivity index (χ2v) is 0.283. The largest absolute Gasteiger partial charge is 1.00 e. The first-order valence-corrected chi connectivity index (χ1v) is 0.651. The maximum atomic E-state index is 8.56. The van der Waals surface area contributed by atoms with E-state index >= 15 is 0 Å². The molecule has 0 rings (SSSR count). The van der Waals surface area contributed by atoms with Crippen molar-refractivity contribution in [1.29, 1.82) is 0 Å². The van der Waals surface area contributed by atoms with Crippen LogP contribution in [0, 0.1) is 0 Å². The average molecular weight is 128 g/mol. The van der Waals surface area contributed by atoms with Crippen molar-refractivity contribution in [3.63, 3.8) is 0 Å². The SMILES string of the molecule is O.O=C(O)O.[H-].[H-].[K+].[Li+]. The number of carbonyl (C=O) groups is 1. The van der Waals surface area contributed by atoms with Gasteiger partial charge in [0.1, 0.15) is 0 Å². The minimum Gasteiger partial charge on any atom is -1.00 e. The molecule has 0 aromatic rings. The van der Waals surface area contributed by atoms with E-state index in [2.05, 4.69) is 0 Å². The summed E-state index contributed by atoms with van der Waals surface area (Å²) < 4.78 is 0. The predicted octanol–water partition coefficient (Wildman–Crippen LogP) is -6.37. The Balaban J connectivity index is -0.00000000450. The van der Waals surface area contributed by atoms with Crippen molar-refractivity contribution in [2.45, 2.75) is 0 Å². The molecule has 0 amide bonds. The third kappa shape index (κ3) is 104. The average Bonchev–Trinajstić information content (AvgIpc) is 0.811. The maximum absolute atomic E-state index is 8.56. The predicted molar refractivity (Wildman–Crippen MR) is 16.5 cm³/mol. The van der Waals surface area contributed by atoms with Gasteiger partial charge >= 0.3 is 76.4 Å². The van der Waals surface area contributed by atoms with Gasteiger partial charge in [0.05, 0.1) is 0 Å². The zero-order valence-electron chi connectivity index (χ0n) is 6.30. The van der Waals surface area contributed by atoms with Crippen LogP contribution in [0.1, 0.15) is 2.85 Å². The Hall–Kier alpha value is 1.46. The van der Waals surface area contributed by atoms with Gasteiger partial charge in [0.15, 0.2) is 0 Å². The monoisotopic (exact) mass is 128 g/mol. The minimum absolute atomic E-state index is 0. The van der Waals surface area contributed by atoms with E-state index < -0.39 is 6.16 Å². The summed E-state index contributed by atoms with van der Waals surface area (Å²) in [6.07, 6.45) is -1.83. The molecular weight excluding hydrogens is 122 g/mol. The van der Waals surface area contributed by atoms with Crippen LogP contribution in [0.3, 0.4) is 0 Å². The first-order chi connectivity index (χ1) is 1.73. The Kier molecular flexibility index (Phi) is 52.9. The van der Waals surface area contributed by atoms with Crippen molar-refractivity contribution < 1.29 is 93.6 Å². The van der Waals surface area contributed by atoms with Crippen LogP contribution in [0.15, 0.2) is 0 Å². The molecule has 0 aliphatic carbocycles. The molecule has 0 atom stereocenters. The third-order valence-electron chi connectivity index (χ3n) is 0. The quantitative estimate of drug-likeness (QED) is 0.318. The van der Waals surface area contributed by atoms with Crippen molar-refractivity contribution in [2.75, 3.05) is 0 Å². The Morgan fingerprint density at radius 3 is 1.43 bits per heavy atom. The molecule has 0 fully saturated rings. The summed E-state index contributed by atoms with van der Waals surface area (Å²) in [5.41, 5.74) is 0. The van der Waals surface area contributed by atoms with Gasteiger partial charge in [-0.25, -0.2) is 4.79 Å². The van der Waals surface area contributed by atoms with Gasteiger partial charge in [0, 0.05) is 0 Å². The number of hydrogen-bond acceptors (Lipinski definition) is 1. The van der Waals surface area contributed by atoms with E-state index in [1.165, 1.54) is 0 Å². The topological polar surface area (TPSA) is 89.0 Å². The molecule has 0 bridgehead atoms. The molecule has 0 aromatic heterocycles. The van der Waals surface area contributed by atoms with Crippen molar-refractivity contribution in [3.8, 4) is 0 Å². The standard InChI is InChI=1S/CH2O3.K.Li.H2O.2H/c2-1(3)4;;;;;/h(H2,2,3,4);;;1H2;;/q;2*+1;;2*-1. The van der Waals surface area contributed by atoms with E-state index in [4.69, 9.17) is 15.0 Å². The molecule has 0 heterocycles. The Bertz CT molecular complexity index is 41.5. The van der Waals surface area contributed by atoms with Crippen LogP contribution in [0.2, 0.25) is 0 Å². The molecule has 7 heavy (non-hydrogen) atoms. The summed E-state index contributed by atoms with van der Waals surface area (Å²) >= 11 is 0. The van der Waals surface area contributed by atoms with E-state index in [1.54, 1.807) is 0 Å². The molecule has 4 N–H and O–H groups in total. The zero-order valence-corrected chi connectivity index (χ0v) is 7.43. The summed E-state index contributed by atoms with van der Waals surface area (Å²) in [5.74, 6) is 0. The van der Waals surface area contributed by atoms with Crippen LogP contribution in [0.5, 0.6) is 0 Å². The maximum Gasteiger partial charge on any atom is 1.00 e. The molecular formula is CH6KLiO4. The second-order valence-electron chi connectivity index (χ2n) is 0.283. The number of carboxylic acid groups (broad SMARTS) is 2. The summed E-state index contributed by atoms with van der Waals surface area (Å²) in [5, 5.41) is 13.9. The molecule has 36 valence electrons. The van der Waals surface area contributed by atoms with Crippen molar-refractivity contribution in [2.24, 2.45) is 0 Å². The van der Waals surface area contributed by atoms with Crippen LogP contribution in [0.25, 0.3) is 0 Å². The Labute approximate surface area is 98.2 Å². The fourth-order valence-corrected chi connectivity index (χ4v) is 0. The molecule has 0 saturated heterocycles. The Morgan fingerprint density at radius 1 is 1.43 bits per heavy atom. The van der Waals surface area contributed by atoms with Crippen molar-refractivity contribution in [1.82, 2.24) is 0 Å². The van der Waals surface area contributed by atoms with Gasteiger partial charge in [-0.2, -0.15) is 0 Å². The van der Waals surface area contributed by atoms with E-state index in [0.717, 1.165) is 0 Å². The smallest absolute Gasteiger partial charge is 1.00 e. The molecule has 0 aliphatic heterocycles. The van der Waals surface area contributed by atoms with E-state index in [1.807, 2.05) is 0 Å². The molecule has 0 saturated carbocycles. The fraction of sp³-hybridized carbons (Fsp3) is 0. The first kappa shape index (κ1) is 23.7. The van der Waals surface area contributed by atoms with Gasteiger partial charge in [0.2, 0.25) is 0 Å². The Morgan fingerprint density at radius 2 is 1.43 bits per heavy atom. The molecule has 4 nitrogen and oxygen atoms in total. The van der Waals surface area contributed by atoms with Gasteiger partial charge < -0.3 is 18.5 Å². The first-order valence-electron chi connectivity index (χ1n) is 0.651. The van der Waals surface area contributed by atoms with Gasteiger partial charge in [-0.15, -0.1) is 0 Å². The molecule has 0 unspecified atom stereocenters. The summed E-state index contributed by atoms with van der Waals surface area (Å²) in [7, 11) is 0. The van der Waals surface area contributed by atoms with E-state index in [9.17, 15) is 0 Å². The van der Waals surface area contributed by atoms with Crippen LogP contribution in [-0.2, 0) is 0 Å². The van der Waals surface area contributed by atoms with Gasteiger partial charge in [-0.05, 0) is 0 Å². The normalized spacial score (nSPS) is 3.43. The molecule has 0 aliphatic rings. The van der Waals surface area contributed by atoms with Gasteiger partial charge in [-0.3, -0.25) is 0 Å². The van der Waals surface area contributed by atoms with E-state index in [-0.39, 0.29) is 78.6 Å². The zero-order chi connectivity index (χ0) is 3.58. The molecule has 6 heteroatoms. The van der Waals surface area contributed by atoms with Gasteiger partial charge in [-0.1, -0.05) is 0 Å². The fourth-order valence-electron chi connectivity index (χ4n) is 0. The van der Waals surface area contributed by atoms with Crippen molar-refractivity contribution >= 4 is 6.16 Å². The van der Waals surface area contributed by atoms with Crippen LogP contribution < -0.4 is 70.2 Å². The van der Waals surface area contributed by atoms with Gasteiger partial charge in [0.25, 0.3) is 0 Å². The van der Waals surface area contributed by atoms with Crippen LogP contribution in [0.4, 0.5) is 4.79 Å². The van der Waals surface area contributed by atoms with Crippen LogP contribution >= 0.6 is 0 Å². The molecule has 0 radical (unpaired) electrons. The number of rotatable bonds is 0. The van der Waals surface area contributed by atoms with Crippen LogP contribution in [-0.4, -0.2) is 21.8 Å². The molecule has 0 aromatic carbocycles. The van der Waals surface area contributed by atoms with Crippen molar-refractivity contribution in [3.05, 3.63) is 0 Å². The third-order valence-corrected chi connectivity index (χ3v) is 0.